The van der Waals surface area contributed by atoms with Gasteiger partial charge in [-0.05, 0) is 80.5 Å². The maximum atomic E-state index is 13.1. The van der Waals surface area contributed by atoms with E-state index in [0.29, 0.717) is 11.3 Å². The summed E-state index contributed by atoms with van der Waals surface area (Å²) >= 11 is 0. The van der Waals surface area contributed by atoms with Crippen LogP contribution in [0.25, 0.3) is 11.1 Å². The number of nitrogens with one attached hydrogen (secondary N) is 3. The minimum atomic E-state index is -0.268. The van der Waals surface area contributed by atoms with E-state index < -0.39 is 0 Å². The van der Waals surface area contributed by atoms with Crippen LogP contribution in [0.2, 0.25) is 0 Å². The van der Waals surface area contributed by atoms with Gasteiger partial charge in [0.15, 0.2) is 0 Å². The van der Waals surface area contributed by atoms with E-state index in [0.717, 1.165) is 35.7 Å². The van der Waals surface area contributed by atoms with Crippen molar-refractivity contribution in [2.45, 2.75) is 19.2 Å². The number of likely N-dealkylation sites (tertiary alicyclic amines) is 1. The van der Waals surface area contributed by atoms with Gasteiger partial charge in [0.05, 0.1) is 5.69 Å². The van der Waals surface area contributed by atoms with Gasteiger partial charge in [-0.3, -0.25) is 9.69 Å². The van der Waals surface area contributed by atoms with Crippen LogP contribution < -0.4 is 20.7 Å². The Kier molecular flexibility index (Phi) is 7.22. The molecule has 1 unspecified atom stereocenters. The highest BCUT2D eigenvalue weighted by Gasteiger charge is 2.29. The molecule has 1 fully saturated rings. The van der Waals surface area contributed by atoms with Gasteiger partial charge in [-0.15, -0.1) is 0 Å². The highest BCUT2D eigenvalue weighted by Crippen LogP contribution is 2.36. The number of benzene rings is 3. The Bertz CT molecular complexity index is 1080. The predicted molar refractivity (Wildman–Crippen MR) is 130 cm³/mol. The number of carbonyl (C=O) groups is 1. The van der Waals surface area contributed by atoms with Crippen LogP contribution in [0.4, 0.5) is 15.8 Å². The summed E-state index contributed by atoms with van der Waals surface area (Å²) in [6.07, 6.45) is 2.26. The zero-order valence-electron chi connectivity index (χ0n) is 18.9. The summed E-state index contributed by atoms with van der Waals surface area (Å²) in [7, 11) is 3.75. The molecule has 0 radical (unpaired) electrons. The molecule has 7 heteroatoms. The second-order valence-corrected chi connectivity index (χ2v) is 8.11. The lowest BCUT2D eigenvalue weighted by Gasteiger charge is -2.22. The number of hydrogen-bond acceptors (Lipinski definition) is 5. The van der Waals surface area contributed by atoms with Crippen molar-refractivity contribution >= 4 is 17.3 Å². The third kappa shape index (κ3) is 5.50. The number of hydrogen-bond donors (Lipinski definition) is 3. The molecular formula is C26H29FN4O2. The normalized spacial score (nSPS) is 16.8. The first-order valence-corrected chi connectivity index (χ1v) is 11.1. The van der Waals surface area contributed by atoms with Crippen LogP contribution >= 0.6 is 0 Å². The van der Waals surface area contributed by atoms with E-state index in [9.17, 15) is 9.18 Å². The molecule has 1 amide bonds. The zero-order chi connectivity index (χ0) is 23.2. The largest absolute Gasteiger partial charge is 0.455 e. The van der Waals surface area contributed by atoms with Crippen LogP contribution in [0.15, 0.2) is 66.7 Å². The third-order valence-corrected chi connectivity index (χ3v) is 5.55. The lowest BCUT2D eigenvalue weighted by Crippen LogP contribution is -2.40. The first-order chi connectivity index (χ1) is 16.1. The van der Waals surface area contributed by atoms with E-state index in [-0.39, 0.29) is 18.1 Å². The standard InChI is InChI=1S/C24H22FN3O2.C2H7N/c25-19-9-7-17(8-10-19)16-3-5-18(6-4-16)23(29)26-20-11-12-22-21(15-20)27-24(30-22)28-13-1-2-14-28;1-3-2/h3-12,15,24,27H,1-2,13-14H2,(H,26,29);3H,1-2H3. The molecule has 5 rings (SSSR count). The summed E-state index contributed by atoms with van der Waals surface area (Å²) in [6, 6.07) is 19.2. The molecule has 1 saturated heterocycles. The van der Waals surface area contributed by atoms with Crippen LogP contribution in [0.3, 0.4) is 0 Å². The predicted octanol–water partition coefficient (Wildman–Crippen LogP) is 4.76. The van der Waals surface area contributed by atoms with Crippen LogP contribution in [-0.2, 0) is 0 Å². The molecule has 0 aromatic heterocycles. The molecule has 0 saturated carbocycles. The molecular weight excluding hydrogens is 419 g/mol. The molecule has 33 heavy (non-hydrogen) atoms. The van der Waals surface area contributed by atoms with Crippen molar-refractivity contribution in [2.75, 3.05) is 37.8 Å². The number of carbonyl (C=O) groups excluding carboxylic acids is 1. The number of ether oxygens (including phenoxy) is 1. The molecule has 6 nitrogen and oxygen atoms in total. The summed E-state index contributed by atoms with van der Waals surface area (Å²) in [6.45, 7) is 2.06. The number of nitrogens with zero attached hydrogens (tertiary/aromatic N) is 1. The van der Waals surface area contributed by atoms with Gasteiger partial charge < -0.3 is 20.7 Å². The lowest BCUT2D eigenvalue weighted by atomic mass is 10.0. The molecule has 172 valence electrons. The van der Waals surface area contributed by atoms with E-state index in [1.807, 2.05) is 44.4 Å². The number of fused-ring (bicyclic) bond motifs is 1. The van der Waals surface area contributed by atoms with Crippen LogP contribution in [0.5, 0.6) is 5.75 Å². The van der Waals surface area contributed by atoms with E-state index in [1.54, 1.807) is 24.3 Å². The highest BCUT2D eigenvalue weighted by atomic mass is 19.1. The van der Waals surface area contributed by atoms with Crippen molar-refractivity contribution in [3.8, 4) is 16.9 Å². The maximum Gasteiger partial charge on any atom is 0.255 e. The Balaban J connectivity index is 0.000000821. The molecule has 0 aliphatic carbocycles. The second kappa shape index (κ2) is 10.5. The summed E-state index contributed by atoms with van der Waals surface area (Å²) in [5, 5.41) is 9.08. The SMILES string of the molecule is CNC.O=C(Nc1ccc2c(c1)NC(N1CCCC1)O2)c1ccc(-c2ccc(F)cc2)cc1. The fraction of sp³-hybridized carbons (Fsp3) is 0.269. The minimum Gasteiger partial charge on any atom is -0.455 e. The van der Waals surface area contributed by atoms with Crippen molar-refractivity contribution < 1.29 is 13.9 Å². The zero-order valence-corrected chi connectivity index (χ0v) is 18.9. The molecule has 2 aliphatic heterocycles. The number of halogens is 1. The molecule has 2 heterocycles. The van der Waals surface area contributed by atoms with E-state index in [1.165, 1.54) is 25.0 Å². The van der Waals surface area contributed by atoms with Gasteiger partial charge in [-0.1, -0.05) is 24.3 Å². The molecule has 3 N–H and O–H groups in total. The van der Waals surface area contributed by atoms with Crippen LogP contribution in [0, 0.1) is 5.82 Å². The van der Waals surface area contributed by atoms with Gasteiger partial charge in [0.1, 0.15) is 11.6 Å². The summed E-state index contributed by atoms with van der Waals surface area (Å²) in [5.41, 5.74) is 3.98. The van der Waals surface area contributed by atoms with Crippen molar-refractivity contribution in [2.24, 2.45) is 0 Å². The Hall–Kier alpha value is -3.42. The average Bonchev–Trinajstić information content (AvgIpc) is 3.50. The monoisotopic (exact) mass is 448 g/mol. The first kappa shape index (κ1) is 22.8. The van der Waals surface area contributed by atoms with Crippen LogP contribution in [0.1, 0.15) is 23.2 Å². The fourth-order valence-electron chi connectivity index (χ4n) is 3.91. The number of rotatable bonds is 4. The van der Waals surface area contributed by atoms with Gasteiger partial charge in [-0.2, -0.15) is 0 Å². The number of amides is 1. The Labute approximate surface area is 193 Å². The minimum absolute atomic E-state index is 0.132. The quantitative estimate of drug-likeness (QED) is 0.537. The van der Waals surface area contributed by atoms with Gasteiger partial charge in [0.25, 0.3) is 5.91 Å². The van der Waals surface area contributed by atoms with Crippen molar-refractivity contribution in [3.63, 3.8) is 0 Å². The molecule has 0 bridgehead atoms. The Morgan fingerprint density at radius 1 is 0.970 bits per heavy atom. The van der Waals surface area contributed by atoms with Crippen molar-refractivity contribution in [3.05, 3.63) is 78.1 Å². The Morgan fingerprint density at radius 3 is 2.21 bits per heavy atom. The van der Waals surface area contributed by atoms with E-state index >= 15 is 0 Å². The van der Waals surface area contributed by atoms with E-state index in [4.69, 9.17) is 4.74 Å². The summed E-state index contributed by atoms with van der Waals surface area (Å²) in [5.74, 6) is 0.347. The van der Waals surface area contributed by atoms with Crippen molar-refractivity contribution in [1.29, 1.82) is 0 Å². The average molecular weight is 449 g/mol. The lowest BCUT2D eigenvalue weighted by molar-refractivity contribution is 0.0812. The third-order valence-electron chi connectivity index (χ3n) is 5.55. The summed E-state index contributed by atoms with van der Waals surface area (Å²) in [4.78, 5) is 14.9. The molecule has 1 atom stereocenters. The first-order valence-electron chi connectivity index (χ1n) is 11.1. The second-order valence-electron chi connectivity index (χ2n) is 8.11. The maximum absolute atomic E-state index is 13.1. The van der Waals surface area contributed by atoms with Crippen LogP contribution in [-0.4, -0.2) is 44.3 Å². The van der Waals surface area contributed by atoms with Gasteiger partial charge in [0.2, 0.25) is 6.35 Å². The Morgan fingerprint density at radius 2 is 1.58 bits per heavy atom. The highest BCUT2D eigenvalue weighted by molar-refractivity contribution is 6.04. The summed E-state index contributed by atoms with van der Waals surface area (Å²) < 4.78 is 19.1. The van der Waals surface area contributed by atoms with Gasteiger partial charge in [0, 0.05) is 24.3 Å². The van der Waals surface area contributed by atoms with E-state index in [2.05, 4.69) is 20.9 Å². The molecule has 0 spiro atoms. The van der Waals surface area contributed by atoms with Gasteiger partial charge >= 0.3 is 0 Å². The number of anilines is 2. The van der Waals surface area contributed by atoms with Gasteiger partial charge in [-0.25, -0.2) is 4.39 Å². The van der Waals surface area contributed by atoms with Crippen molar-refractivity contribution in [1.82, 2.24) is 10.2 Å². The smallest absolute Gasteiger partial charge is 0.255 e. The molecule has 3 aromatic rings. The fourth-order valence-corrected chi connectivity index (χ4v) is 3.91. The topological polar surface area (TPSA) is 65.6 Å². The molecule has 3 aromatic carbocycles. The molecule has 2 aliphatic rings.